The van der Waals surface area contributed by atoms with E-state index in [1.54, 1.807) is 7.11 Å². The van der Waals surface area contributed by atoms with Crippen LogP contribution in [0.1, 0.15) is 41.1 Å². The monoisotopic (exact) mass is 295 g/mol. The number of rotatable bonds is 4. The molecule has 0 aliphatic carbocycles. The summed E-state index contributed by atoms with van der Waals surface area (Å²) in [4.78, 5) is 2.61. The number of benzene rings is 2. The molecule has 3 rings (SSSR count). The van der Waals surface area contributed by atoms with Crippen molar-refractivity contribution in [1.29, 1.82) is 0 Å². The molecule has 2 aromatic carbocycles. The Hall–Kier alpha value is -1.80. The molecule has 0 bridgehead atoms. The van der Waals surface area contributed by atoms with Crippen molar-refractivity contribution in [2.24, 2.45) is 0 Å². The van der Waals surface area contributed by atoms with Crippen LogP contribution in [-0.2, 0) is 6.54 Å². The molecular formula is C20H25NO. The van der Waals surface area contributed by atoms with Crippen molar-refractivity contribution < 1.29 is 4.74 Å². The molecule has 0 spiro atoms. The first-order valence-corrected chi connectivity index (χ1v) is 8.11. The van der Waals surface area contributed by atoms with Gasteiger partial charge in [-0.2, -0.15) is 0 Å². The summed E-state index contributed by atoms with van der Waals surface area (Å²) in [5, 5.41) is 0. The van der Waals surface area contributed by atoms with Gasteiger partial charge in [-0.05, 0) is 62.1 Å². The van der Waals surface area contributed by atoms with Crippen LogP contribution in [0.3, 0.4) is 0 Å². The van der Waals surface area contributed by atoms with Crippen LogP contribution in [0.5, 0.6) is 5.75 Å². The van der Waals surface area contributed by atoms with Crippen molar-refractivity contribution in [2.45, 2.75) is 39.3 Å². The predicted molar refractivity (Wildman–Crippen MR) is 91.3 cm³/mol. The molecule has 2 nitrogen and oxygen atoms in total. The Balaban J connectivity index is 1.79. The molecule has 0 unspecified atom stereocenters. The number of nitrogens with zero attached hydrogens (tertiary/aromatic N) is 1. The van der Waals surface area contributed by atoms with E-state index in [9.17, 15) is 0 Å². The Morgan fingerprint density at radius 3 is 2.59 bits per heavy atom. The number of likely N-dealkylation sites (tertiary alicyclic amines) is 1. The molecule has 1 fully saturated rings. The van der Waals surface area contributed by atoms with Gasteiger partial charge in [0.2, 0.25) is 0 Å². The van der Waals surface area contributed by atoms with Crippen LogP contribution in [0.15, 0.2) is 42.5 Å². The fraction of sp³-hybridized carbons (Fsp3) is 0.400. The maximum atomic E-state index is 5.27. The number of methoxy groups -OCH3 is 1. The third-order valence-electron chi connectivity index (χ3n) is 4.74. The fourth-order valence-electron chi connectivity index (χ4n) is 3.41. The average molecular weight is 295 g/mol. The smallest absolute Gasteiger partial charge is 0.118 e. The van der Waals surface area contributed by atoms with Crippen molar-refractivity contribution in [3.63, 3.8) is 0 Å². The second kappa shape index (κ2) is 6.53. The molecular weight excluding hydrogens is 270 g/mol. The van der Waals surface area contributed by atoms with Gasteiger partial charge in [0.15, 0.2) is 0 Å². The molecule has 0 N–H and O–H groups in total. The summed E-state index contributed by atoms with van der Waals surface area (Å²) in [6, 6.07) is 15.9. The normalized spacial score (nSPS) is 18.6. The molecule has 1 aliphatic heterocycles. The maximum Gasteiger partial charge on any atom is 0.118 e. The highest BCUT2D eigenvalue weighted by molar-refractivity contribution is 5.32. The topological polar surface area (TPSA) is 12.5 Å². The first kappa shape index (κ1) is 15.1. The van der Waals surface area contributed by atoms with Gasteiger partial charge in [-0.3, -0.25) is 4.90 Å². The lowest BCUT2D eigenvalue weighted by Gasteiger charge is -2.26. The van der Waals surface area contributed by atoms with Crippen LogP contribution in [-0.4, -0.2) is 18.6 Å². The summed E-state index contributed by atoms with van der Waals surface area (Å²) in [6.45, 7) is 6.62. The molecule has 0 aromatic heterocycles. The van der Waals surface area contributed by atoms with E-state index in [4.69, 9.17) is 4.74 Å². The first-order valence-electron chi connectivity index (χ1n) is 8.11. The van der Waals surface area contributed by atoms with E-state index < -0.39 is 0 Å². The molecule has 1 saturated heterocycles. The van der Waals surface area contributed by atoms with Gasteiger partial charge in [0, 0.05) is 12.6 Å². The van der Waals surface area contributed by atoms with Crippen molar-refractivity contribution in [2.75, 3.05) is 13.7 Å². The summed E-state index contributed by atoms with van der Waals surface area (Å²) in [7, 11) is 1.72. The minimum atomic E-state index is 0.533. The highest BCUT2D eigenvalue weighted by atomic mass is 16.5. The molecule has 0 amide bonds. The number of hydrogen-bond donors (Lipinski definition) is 0. The van der Waals surface area contributed by atoms with Crippen LogP contribution < -0.4 is 4.74 Å². The highest BCUT2D eigenvalue weighted by Crippen LogP contribution is 2.34. The summed E-state index contributed by atoms with van der Waals surface area (Å²) in [5.41, 5.74) is 5.61. The fourth-order valence-corrected chi connectivity index (χ4v) is 3.41. The van der Waals surface area contributed by atoms with Crippen LogP contribution in [0.25, 0.3) is 0 Å². The molecule has 2 heteroatoms. The third kappa shape index (κ3) is 3.17. The second-order valence-corrected chi connectivity index (χ2v) is 6.33. The second-order valence-electron chi connectivity index (χ2n) is 6.33. The average Bonchev–Trinajstić information content (AvgIpc) is 2.99. The Bertz CT molecular complexity index is 633. The molecule has 22 heavy (non-hydrogen) atoms. The standard InChI is InChI=1S/C20H25NO/c1-15-6-7-16(2)18(13-15)14-21-12-4-5-20(21)17-8-10-19(22-3)11-9-17/h6-11,13,20H,4-5,12,14H2,1-3H3/t20-/m0/s1. The van der Waals surface area contributed by atoms with Crippen molar-refractivity contribution >= 4 is 0 Å². The van der Waals surface area contributed by atoms with E-state index in [1.165, 1.54) is 41.6 Å². The van der Waals surface area contributed by atoms with Gasteiger partial charge in [-0.1, -0.05) is 35.9 Å². The summed E-state index contributed by atoms with van der Waals surface area (Å²) >= 11 is 0. The number of ether oxygens (including phenoxy) is 1. The maximum absolute atomic E-state index is 5.27. The van der Waals surface area contributed by atoms with Gasteiger partial charge in [0.25, 0.3) is 0 Å². The Morgan fingerprint density at radius 1 is 1.09 bits per heavy atom. The largest absolute Gasteiger partial charge is 0.497 e. The first-order chi connectivity index (χ1) is 10.7. The van der Waals surface area contributed by atoms with E-state index >= 15 is 0 Å². The molecule has 1 heterocycles. The predicted octanol–water partition coefficient (Wildman–Crippen LogP) is 4.65. The Kier molecular flexibility index (Phi) is 4.49. The van der Waals surface area contributed by atoms with E-state index in [0.29, 0.717) is 6.04 Å². The third-order valence-corrected chi connectivity index (χ3v) is 4.74. The molecule has 116 valence electrons. The van der Waals surface area contributed by atoms with Crippen LogP contribution >= 0.6 is 0 Å². The molecule has 0 radical (unpaired) electrons. The van der Waals surface area contributed by atoms with Crippen molar-refractivity contribution in [3.05, 3.63) is 64.7 Å². The Labute approximate surface area is 133 Å². The lowest BCUT2D eigenvalue weighted by Crippen LogP contribution is -2.23. The van der Waals surface area contributed by atoms with Gasteiger partial charge >= 0.3 is 0 Å². The number of aryl methyl sites for hydroxylation is 2. The van der Waals surface area contributed by atoms with Gasteiger partial charge < -0.3 is 4.74 Å². The molecule has 1 aliphatic rings. The van der Waals surface area contributed by atoms with Gasteiger partial charge in [0.05, 0.1) is 7.11 Å². The van der Waals surface area contributed by atoms with Crippen molar-refractivity contribution in [1.82, 2.24) is 4.90 Å². The highest BCUT2D eigenvalue weighted by Gasteiger charge is 2.26. The molecule has 2 aromatic rings. The lowest BCUT2D eigenvalue weighted by molar-refractivity contribution is 0.248. The van der Waals surface area contributed by atoms with Crippen molar-refractivity contribution in [3.8, 4) is 5.75 Å². The summed E-state index contributed by atoms with van der Waals surface area (Å²) < 4.78 is 5.27. The van der Waals surface area contributed by atoms with E-state index in [2.05, 4.69) is 61.2 Å². The van der Waals surface area contributed by atoms with E-state index in [0.717, 1.165) is 12.3 Å². The summed E-state index contributed by atoms with van der Waals surface area (Å²) in [6.07, 6.45) is 2.53. The van der Waals surface area contributed by atoms with E-state index in [-0.39, 0.29) is 0 Å². The number of hydrogen-bond acceptors (Lipinski definition) is 2. The van der Waals surface area contributed by atoms with Gasteiger partial charge in [0.1, 0.15) is 5.75 Å². The lowest BCUT2D eigenvalue weighted by atomic mass is 10.0. The Morgan fingerprint density at radius 2 is 1.86 bits per heavy atom. The van der Waals surface area contributed by atoms with Gasteiger partial charge in [-0.15, -0.1) is 0 Å². The minimum Gasteiger partial charge on any atom is -0.497 e. The molecule has 1 atom stereocenters. The van der Waals surface area contributed by atoms with Gasteiger partial charge in [-0.25, -0.2) is 0 Å². The van der Waals surface area contributed by atoms with Crippen LogP contribution in [0.4, 0.5) is 0 Å². The summed E-state index contributed by atoms with van der Waals surface area (Å²) in [5.74, 6) is 0.933. The quantitative estimate of drug-likeness (QED) is 0.814. The SMILES string of the molecule is COc1ccc([C@@H]2CCCN2Cc2cc(C)ccc2C)cc1. The zero-order valence-corrected chi connectivity index (χ0v) is 13.8. The zero-order valence-electron chi connectivity index (χ0n) is 13.8. The van der Waals surface area contributed by atoms with Crippen LogP contribution in [0.2, 0.25) is 0 Å². The van der Waals surface area contributed by atoms with E-state index in [1.807, 2.05) is 0 Å². The zero-order chi connectivity index (χ0) is 15.5. The van der Waals surface area contributed by atoms with Crippen LogP contribution in [0, 0.1) is 13.8 Å². The minimum absolute atomic E-state index is 0.533. The molecule has 0 saturated carbocycles.